The van der Waals surface area contributed by atoms with Crippen LogP contribution >= 0.6 is 0 Å². The van der Waals surface area contributed by atoms with Crippen molar-refractivity contribution in [2.45, 2.75) is 50.7 Å². The van der Waals surface area contributed by atoms with E-state index in [1.807, 2.05) is 19.2 Å². The van der Waals surface area contributed by atoms with Crippen LogP contribution in [0.2, 0.25) is 0 Å². The van der Waals surface area contributed by atoms with Crippen molar-refractivity contribution in [3.05, 3.63) is 29.8 Å². The quantitative estimate of drug-likeness (QED) is 0.857. The van der Waals surface area contributed by atoms with Gasteiger partial charge in [-0.15, -0.1) is 0 Å². The van der Waals surface area contributed by atoms with Crippen molar-refractivity contribution >= 4 is 0 Å². The number of hydrogen-bond acceptors (Lipinski definition) is 3. The molecule has 0 heterocycles. The number of nitrogens with one attached hydrogen (secondary N) is 1. The number of aliphatic hydroxyl groups is 1. The summed E-state index contributed by atoms with van der Waals surface area (Å²) >= 11 is 0. The topological polar surface area (TPSA) is 41.5 Å². The van der Waals surface area contributed by atoms with E-state index >= 15 is 0 Å². The number of aliphatic hydroxyl groups excluding tert-OH is 1. The zero-order valence-electron chi connectivity index (χ0n) is 12.0. The SMILES string of the molecule is CCc1ccc(OC2CCCC(CO)(NC)C2)cc1. The van der Waals surface area contributed by atoms with Crippen LogP contribution in [0.15, 0.2) is 24.3 Å². The van der Waals surface area contributed by atoms with Crippen molar-refractivity contribution in [2.24, 2.45) is 0 Å². The molecule has 2 rings (SSSR count). The highest BCUT2D eigenvalue weighted by Gasteiger charge is 2.35. The Kier molecular flexibility index (Phi) is 4.83. The van der Waals surface area contributed by atoms with Gasteiger partial charge in [-0.1, -0.05) is 19.1 Å². The van der Waals surface area contributed by atoms with Crippen LogP contribution in [-0.4, -0.2) is 30.4 Å². The molecule has 106 valence electrons. The highest BCUT2D eigenvalue weighted by molar-refractivity contribution is 5.27. The number of benzene rings is 1. The van der Waals surface area contributed by atoms with Gasteiger partial charge in [-0.25, -0.2) is 0 Å². The molecule has 1 aromatic carbocycles. The minimum atomic E-state index is -0.160. The molecule has 1 aliphatic rings. The van der Waals surface area contributed by atoms with E-state index in [1.54, 1.807) is 0 Å². The molecule has 0 radical (unpaired) electrons. The number of hydrogen-bond donors (Lipinski definition) is 2. The molecule has 3 nitrogen and oxygen atoms in total. The fraction of sp³-hybridized carbons (Fsp3) is 0.625. The normalized spacial score (nSPS) is 27.2. The molecule has 2 atom stereocenters. The zero-order valence-corrected chi connectivity index (χ0v) is 12.0. The first kappa shape index (κ1) is 14.4. The molecule has 19 heavy (non-hydrogen) atoms. The van der Waals surface area contributed by atoms with Crippen LogP contribution in [-0.2, 0) is 6.42 Å². The van der Waals surface area contributed by atoms with Gasteiger partial charge >= 0.3 is 0 Å². The highest BCUT2D eigenvalue weighted by atomic mass is 16.5. The smallest absolute Gasteiger partial charge is 0.119 e. The molecule has 1 aliphatic carbocycles. The number of rotatable bonds is 5. The average molecular weight is 263 g/mol. The molecular weight excluding hydrogens is 238 g/mol. The Hall–Kier alpha value is -1.06. The van der Waals surface area contributed by atoms with Crippen LogP contribution in [0.3, 0.4) is 0 Å². The van der Waals surface area contributed by atoms with E-state index in [2.05, 4.69) is 24.4 Å². The molecule has 2 N–H and O–H groups in total. The lowest BCUT2D eigenvalue weighted by atomic mass is 9.81. The minimum absolute atomic E-state index is 0.160. The molecule has 1 saturated carbocycles. The Morgan fingerprint density at radius 3 is 2.68 bits per heavy atom. The standard InChI is InChI=1S/C16H25NO2/c1-3-13-6-8-14(9-7-13)19-15-5-4-10-16(11-15,12-18)17-2/h6-9,15,17-18H,3-5,10-12H2,1-2H3. The first-order chi connectivity index (χ1) is 9.21. The summed E-state index contributed by atoms with van der Waals surface area (Å²) in [6.45, 7) is 2.33. The van der Waals surface area contributed by atoms with Crippen LogP contribution in [0.4, 0.5) is 0 Å². The fourth-order valence-electron chi connectivity index (χ4n) is 2.85. The van der Waals surface area contributed by atoms with E-state index in [4.69, 9.17) is 4.74 Å². The van der Waals surface area contributed by atoms with Crippen LogP contribution in [0.5, 0.6) is 5.75 Å². The van der Waals surface area contributed by atoms with Gasteiger partial charge in [-0.3, -0.25) is 0 Å². The van der Waals surface area contributed by atoms with Gasteiger partial charge in [0.25, 0.3) is 0 Å². The van der Waals surface area contributed by atoms with Gasteiger partial charge in [0.1, 0.15) is 11.9 Å². The summed E-state index contributed by atoms with van der Waals surface area (Å²) in [6, 6.07) is 8.34. The molecule has 0 saturated heterocycles. The summed E-state index contributed by atoms with van der Waals surface area (Å²) in [5, 5.41) is 12.8. The molecular formula is C16H25NO2. The predicted molar refractivity (Wildman–Crippen MR) is 77.6 cm³/mol. The lowest BCUT2D eigenvalue weighted by molar-refractivity contribution is 0.0554. The van der Waals surface area contributed by atoms with Crippen molar-refractivity contribution in [1.82, 2.24) is 5.32 Å². The third-order valence-electron chi connectivity index (χ3n) is 4.27. The van der Waals surface area contributed by atoms with Gasteiger partial charge in [0.05, 0.1) is 6.61 Å². The maximum absolute atomic E-state index is 9.58. The Morgan fingerprint density at radius 2 is 2.11 bits per heavy atom. The van der Waals surface area contributed by atoms with Crippen LogP contribution in [0.25, 0.3) is 0 Å². The largest absolute Gasteiger partial charge is 0.490 e. The molecule has 0 amide bonds. The Bertz CT molecular complexity index is 384. The number of likely N-dealkylation sites (N-methyl/N-ethyl adjacent to an activating group) is 1. The van der Waals surface area contributed by atoms with Gasteiger partial charge < -0.3 is 15.2 Å². The average Bonchev–Trinajstić information content (AvgIpc) is 2.48. The zero-order chi connectivity index (χ0) is 13.7. The molecule has 2 unspecified atom stereocenters. The van der Waals surface area contributed by atoms with Gasteiger partial charge in [-0.05, 0) is 50.4 Å². The lowest BCUT2D eigenvalue weighted by Crippen LogP contribution is -2.52. The summed E-state index contributed by atoms with van der Waals surface area (Å²) in [4.78, 5) is 0. The van der Waals surface area contributed by atoms with Gasteiger partial charge in [-0.2, -0.15) is 0 Å². The fourth-order valence-corrected chi connectivity index (χ4v) is 2.85. The second kappa shape index (κ2) is 6.40. The second-order valence-electron chi connectivity index (χ2n) is 5.52. The number of aryl methyl sites for hydroxylation is 1. The van der Waals surface area contributed by atoms with Crippen molar-refractivity contribution in [3.63, 3.8) is 0 Å². The third-order valence-corrected chi connectivity index (χ3v) is 4.27. The molecule has 0 spiro atoms. The molecule has 3 heteroatoms. The lowest BCUT2D eigenvalue weighted by Gasteiger charge is -2.39. The van der Waals surface area contributed by atoms with E-state index in [1.165, 1.54) is 5.56 Å². The first-order valence-electron chi connectivity index (χ1n) is 7.27. The van der Waals surface area contributed by atoms with Crippen LogP contribution < -0.4 is 10.1 Å². The third kappa shape index (κ3) is 3.48. The molecule has 1 aromatic rings. The maximum Gasteiger partial charge on any atom is 0.119 e. The van der Waals surface area contributed by atoms with Crippen molar-refractivity contribution in [2.75, 3.05) is 13.7 Å². The molecule has 0 bridgehead atoms. The van der Waals surface area contributed by atoms with Gasteiger partial charge in [0.2, 0.25) is 0 Å². The van der Waals surface area contributed by atoms with E-state index in [0.29, 0.717) is 0 Å². The van der Waals surface area contributed by atoms with E-state index < -0.39 is 0 Å². The van der Waals surface area contributed by atoms with Gasteiger partial charge in [0.15, 0.2) is 0 Å². The van der Waals surface area contributed by atoms with Crippen molar-refractivity contribution in [1.29, 1.82) is 0 Å². The molecule has 0 aromatic heterocycles. The Morgan fingerprint density at radius 1 is 1.37 bits per heavy atom. The monoisotopic (exact) mass is 263 g/mol. The second-order valence-corrected chi connectivity index (χ2v) is 5.52. The maximum atomic E-state index is 9.58. The number of ether oxygens (including phenoxy) is 1. The van der Waals surface area contributed by atoms with Gasteiger partial charge in [0, 0.05) is 12.0 Å². The van der Waals surface area contributed by atoms with Crippen LogP contribution in [0.1, 0.15) is 38.2 Å². The van der Waals surface area contributed by atoms with Crippen molar-refractivity contribution < 1.29 is 9.84 Å². The Labute approximate surface area is 116 Å². The summed E-state index contributed by atoms with van der Waals surface area (Å²) in [6.07, 6.45) is 5.31. The van der Waals surface area contributed by atoms with E-state index in [9.17, 15) is 5.11 Å². The summed E-state index contributed by atoms with van der Waals surface area (Å²) in [5.41, 5.74) is 1.17. The molecule has 1 fully saturated rings. The molecule has 0 aliphatic heterocycles. The summed E-state index contributed by atoms with van der Waals surface area (Å²) in [7, 11) is 1.93. The first-order valence-corrected chi connectivity index (χ1v) is 7.27. The van der Waals surface area contributed by atoms with Crippen LogP contribution in [0, 0.1) is 0 Å². The van der Waals surface area contributed by atoms with E-state index in [-0.39, 0.29) is 18.2 Å². The summed E-state index contributed by atoms with van der Waals surface area (Å²) in [5.74, 6) is 0.937. The Balaban J connectivity index is 1.98. The minimum Gasteiger partial charge on any atom is -0.490 e. The van der Waals surface area contributed by atoms with E-state index in [0.717, 1.165) is 37.9 Å². The predicted octanol–water partition coefficient (Wildman–Crippen LogP) is 2.52. The van der Waals surface area contributed by atoms with Crippen molar-refractivity contribution in [3.8, 4) is 5.75 Å². The summed E-state index contributed by atoms with van der Waals surface area (Å²) < 4.78 is 6.06. The highest BCUT2D eigenvalue weighted by Crippen LogP contribution is 2.30.